The average molecular weight is 225 g/mol. The Morgan fingerprint density at radius 2 is 1.69 bits per heavy atom. The van der Waals surface area contributed by atoms with E-state index in [0.717, 1.165) is 37.6 Å². The Morgan fingerprint density at radius 3 is 2.25 bits per heavy atom. The van der Waals surface area contributed by atoms with Crippen LogP contribution in [0, 0.1) is 17.6 Å². The molecule has 1 fully saturated rings. The van der Waals surface area contributed by atoms with Gasteiger partial charge < -0.3 is 5.32 Å². The van der Waals surface area contributed by atoms with E-state index < -0.39 is 11.6 Å². The minimum absolute atomic E-state index is 0.229. The van der Waals surface area contributed by atoms with Crippen molar-refractivity contribution in [1.82, 2.24) is 5.32 Å². The van der Waals surface area contributed by atoms with Crippen molar-refractivity contribution in [2.75, 3.05) is 13.1 Å². The molecule has 1 heterocycles. The maximum atomic E-state index is 13.1. The summed E-state index contributed by atoms with van der Waals surface area (Å²) in [6.45, 7) is 4.07. The molecule has 16 heavy (non-hydrogen) atoms. The van der Waals surface area contributed by atoms with Gasteiger partial charge in [-0.3, -0.25) is 0 Å². The number of halogens is 2. The van der Waals surface area contributed by atoms with Crippen molar-refractivity contribution in [3.63, 3.8) is 0 Å². The summed E-state index contributed by atoms with van der Waals surface area (Å²) < 4.78 is 26.2. The number of piperidine rings is 1. The van der Waals surface area contributed by atoms with Gasteiger partial charge in [0.05, 0.1) is 0 Å². The highest BCUT2D eigenvalue weighted by Crippen LogP contribution is 2.31. The van der Waals surface area contributed by atoms with Gasteiger partial charge in [-0.25, -0.2) is 8.78 Å². The fourth-order valence-electron chi connectivity index (χ4n) is 2.45. The zero-order valence-corrected chi connectivity index (χ0v) is 9.47. The van der Waals surface area contributed by atoms with Gasteiger partial charge in [0, 0.05) is 6.07 Å². The summed E-state index contributed by atoms with van der Waals surface area (Å²) in [5, 5.41) is 3.30. The normalized spacial score (nSPS) is 19.7. The van der Waals surface area contributed by atoms with Crippen LogP contribution < -0.4 is 5.32 Å². The van der Waals surface area contributed by atoms with E-state index in [1.165, 1.54) is 12.1 Å². The molecule has 1 atom stereocenters. The molecule has 3 heteroatoms. The Morgan fingerprint density at radius 1 is 1.12 bits per heavy atom. The van der Waals surface area contributed by atoms with Crippen LogP contribution in [0.5, 0.6) is 0 Å². The van der Waals surface area contributed by atoms with Crippen LogP contribution >= 0.6 is 0 Å². The van der Waals surface area contributed by atoms with Crippen LogP contribution in [-0.4, -0.2) is 13.1 Å². The van der Waals surface area contributed by atoms with Gasteiger partial charge in [-0.2, -0.15) is 0 Å². The van der Waals surface area contributed by atoms with Crippen molar-refractivity contribution in [3.8, 4) is 0 Å². The third kappa shape index (κ3) is 2.59. The first-order valence-electron chi connectivity index (χ1n) is 5.83. The lowest BCUT2D eigenvalue weighted by Crippen LogP contribution is -2.30. The summed E-state index contributed by atoms with van der Waals surface area (Å²) in [5.41, 5.74) is 0.782. The molecule has 0 amide bonds. The number of nitrogens with one attached hydrogen (secondary N) is 1. The van der Waals surface area contributed by atoms with Crippen molar-refractivity contribution < 1.29 is 8.78 Å². The summed E-state index contributed by atoms with van der Waals surface area (Å²) in [7, 11) is 0. The van der Waals surface area contributed by atoms with Crippen LogP contribution in [0.4, 0.5) is 8.78 Å². The van der Waals surface area contributed by atoms with E-state index in [0.29, 0.717) is 5.92 Å². The largest absolute Gasteiger partial charge is 0.317 e. The molecule has 0 aromatic heterocycles. The summed E-state index contributed by atoms with van der Waals surface area (Å²) in [5.74, 6) is -0.193. The lowest BCUT2D eigenvalue weighted by atomic mass is 9.82. The molecule has 1 aliphatic heterocycles. The summed E-state index contributed by atoms with van der Waals surface area (Å²) in [4.78, 5) is 0. The second kappa shape index (κ2) is 4.91. The van der Waals surface area contributed by atoms with Gasteiger partial charge >= 0.3 is 0 Å². The molecule has 2 rings (SSSR count). The minimum Gasteiger partial charge on any atom is -0.317 e. The fraction of sp³-hybridized carbons (Fsp3) is 0.538. The number of hydrogen-bond donors (Lipinski definition) is 1. The van der Waals surface area contributed by atoms with Crippen molar-refractivity contribution >= 4 is 0 Å². The van der Waals surface area contributed by atoms with E-state index >= 15 is 0 Å². The van der Waals surface area contributed by atoms with Crippen LogP contribution in [-0.2, 0) is 0 Å². The zero-order valence-electron chi connectivity index (χ0n) is 9.47. The highest BCUT2D eigenvalue weighted by Gasteiger charge is 2.21. The van der Waals surface area contributed by atoms with Crippen LogP contribution in [0.1, 0.15) is 31.2 Å². The molecular formula is C13H17F2N. The Labute approximate surface area is 94.9 Å². The van der Waals surface area contributed by atoms with E-state index in [-0.39, 0.29) is 5.92 Å². The predicted octanol–water partition coefficient (Wildman–Crippen LogP) is 3.07. The fourth-order valence-corrected chi connectivity index (χ4v) is 2.45. The first-order valence-corrected chi connectivity index (χ1v) is 5.83. The lowest BCUT2D eigenvalue weighted by Gasteiger charge is -2.28. The van der Waals surface area contributed by atoms with E-state index in [4.69, 9.17) is 0 Å². The SMILES string of the molecule is CC(c1cc(F)cc(F)c1)C1CCNCC1. The third-order valence-corrected chi connectivity index (χ3v) is 3.50. The van der Waals surface area contributed by atoms with Gasteiger partial charge in [0.1, 0.15) is 11.6 Å². The molecule has 0 radical (unpaired) electrons. The Bertz CT molecular complexity index is 339. The standard InChI is InChI=1S/C13H17F2N/c1-9(10-2-4-16-5-3-10)11-6-12(14)8-13(15)7-11/h6-10,16H,2-5H2,1H3. The molecular weight excluding hydrogens is 208 g/mol. The van der Waals surface area contributed by atoms with Gasteiger partial charge in [-0.1, -0.05) is 6.92 Å². The molecule has 1 aromatic carbocycles. The molecule has 1 saturated heterocycles. The highest BCUT2D eigenvalue weighted by molar-refractivity contribution is 5.22. The maximum Gasteiger partial charge on any atom is 0.126 e. The second-order valence-electron chi connectivity index (χ2n) is 4.58. The topological polar surface area (TPSA) is 12.0 Å². The molecule has 1 aromatic rings. The third-order valence-electron chi connectivity index (χ3n) is 3.50. The molecule has 0 aliphatic carbocycles. The van der Waals surface area contributed by atoms with Crippen molar-refractivity contribution in [1.29, 1.82) is 0 Å². The van der Waals surface area contributed by atoms with Crippen molar-refractivity contribution in [2.24, 2.45) is 5.92 Å². The molecule has 0 saturated carbocycles. The van der Waals surface area contributed by atoms with E-state index in [9.17, 15) is 8.78 Å². The van der Waals surface area contributed by atoms with Crippen LogP contribution in [0.15, 0.2) is 18.2 Å². The maximum absolute atomic E-state index is 13.1. The molecule has 88 valence electrons. The molecule has 1 aliphatic rings. The first-order chi connectivity index (χ1) is 7.66. The Hall–Kier alpha value is -0.960. The number of benzene rings is 1. The quantitative estimate of drug-likeness (QED) is 0.815. The van der Waals surface area contributed by atoms with Crippen LogP contribution in [0.2, 0.25) is 0 Å². The van der Waals surface area contributed by atoms with Crippen molar-refractivity contribution in [3.05, 3.63) is 35.4 Å². The smallest absolute Gasteiger partial charge is 0.126 e. The monoisotopic (exact) mass is 225 g/mol. The average Bonchev–Trinajstić information content (AvgIpc) is 2.28. The van der Waals surface area contributed by atoms with Crippen molar-refractivity contribution in [2.45, 2.75) is 25.7 Å². The van der Waals surface area contributed by atoms with E-state index in [1.54, 1.807) is 0 Å². The van der Waals surface area contributed by atoms with Gasteiger partial charge in [0.15, 0.2) is 0 Å². The van der Waals surface area contributed by atoms with Gasteiger partial charge in [0.2, 0.25) is 0 Å². The first kappa shape index (κ1) is 11.5. The number of rotatable bonds is 2. The van der Waals surface area contributed by atoms with Gasteiger partial charge in [-0.15, -0.1) is 0 Å². The van der Waals surface area contributed by atoms with Gasteiger partial charge in [-0.05, 0) is 55.5 Å². The molecule has 1 unspecified atom stereocenters. The molecule has 0 bridgehead atoms. The van der Waals surface area contributed by atoms with Gasteiger partial charge in [0.25, 0.3) is 0 Å². The molecule has 1 nitrogen and oxygen atoms in total. The second-order valence-corrected chi connectivity index (χ2v) is 4.58. The van der Waals surface area contributed by atoms with Crippen LogP contribution in [0.25, 0.3) is 0 Å². The molecule has 0 spiro atoms. The molecule has 1 N–H and O–H groups in total. The minimum atomic E-state index is -0.476. The predicted molar refractivity (Wildman–Crippen MR) is 60.4 cm³/mol. The summed E-state index contributed by atoms with van der Waals surface area (Å²) >= 11 is 0. The Balaban J connectivity index is 2.15. The summed E-state index contributed by atoms with van der Waals surface area (Å²) in [6, 6.07) is 3.84. The van der Waals surface area contributed by atoms with E-state index in [1.807, 2.05) is 0 Å². The highest BCUT2D eigenvalue weighted by atomic mass is 19.1. The Kier molecular flexibility index (Phi) is 3.54. The van der Waals surface area contributed by atoms with E-state index in [2.05, 4.69) is 12.2 Å². The zero-order chi connectivity index (χ0) is 11.5. The van der Waals surface area contributed by atoms with Crippen LogP contribution in [0.3, 0.4) is 0 Å². The lowest BCUT2D eigenvalue weighted by molar-refractivity contribution is 0.329. The number of hydrogen-bond acceptors (Lipinski definition) is 1. The summed E-state index contributed by atoms with van der Waals surface area (Å²) in [6.07, 6.45) is 2.17.